The van der Waals surface area contributed by atoms with E-state index in [0.717, 1.165) is 13.0 Å². The van der Waals surface area contributed by atoms with Crippen molar-refractivity contribution >= 4 is 5.91 Å². The Balaban J connectivity index is 0.000000791. The molecule has 1 heterocycles. The van der Waals surface area contributed by atoms with Crippen LogP contribution in [0.15, 0.2) is 12.7 Å². The van der Waals surface area contributed by atoms with Gasteiger partial charge in [0.1, 0.15) is 0 Å². The highest BCUT2D eigenvalue weighted by molar-refractivity contribution is 5.88. The van der Waals surface area contributed by atoms with E-state index in [4.69, 9.17) is 0 Å². The summed E-state index contributed by atoms with van der Waals surface area (Å²) >= 11 is 0. The molecule has 0 aliphatic carbocycles. The fourth-order valence-electron chi connectivity index (χ4n) is 1.90. The van der Waals surface area contributed by atoms with E-state index < -0.39 is 0 Å². The van der Waals surface area contributed by atoms with E-state index in [1.807, 2.05) is 18.7 Å². The second kappa shape index (κ2) is 5.18. The molecule has 0 aromatic rings. The molecule has 14 heavy (non-hydrogen) atoms. The Bertz CT molecular complexity index is 208. The first-order valence-electron chi connectivity index (χ1n) is 5.48. The van der Waals surface area contributed by atoms with Gasteiger partial charge in [-0.15, -0.1) is 0 Å². The molecule has 0 aromatic heterocycles. The minimum absolute atomic E-state index is 0.0417. The lowest BCUT2D eigenvalue weighted by atomic mass is 9.75. The number of carbonyl (C=O) groups excluding carboxylic acids is 1. The number of amides is 1. The first-order valence-corrected chi connectivity index (χ1v) is 5.48. The van der Waals surface area contributed by atoms with E-state index in [1.54, 1.807) is 0 Å². The number of likely N-dealkylation sites (tertiary alicyclic amines) is 1. The summed E-state index contributed by atoms with van der Waals surface area (Å²) in [6.45, 7) is 14.8. The summed E-state index contributed by atoms with van der Waals surface area (Å²) in [5.74, 6) is 0.714. The first kappa shape index (κ1) is 13.2. The predicted molar refractivity (Wildman–Crippen MR) is 61.1 cm³/mol. The number of hydrogen-bond donors (Lipinski definition) is 0. The fraction of sp³-hybridized carbons (Fsp3) is 0.750. The van der Waals surface area contributed by atoms with E-state index in [1.165, 1.54) is 6.08 Å². The zero-order valence-corrected chi connectivity index (χ0v) is 10.1. The van der Waals surface area contributed by atoms with Gasteiger partial charge in [0.2, 0.25) is 5.91 Å². The summed E-state index contributed by atoms with van der Waals surface area (Å²) in [6.07, 6.45) is 2.54. The summed E-state index contributed by atoms with van der Waals surface area (Å²) < 4.78 is 0. The molecular formula is C12H23NO. The molecule has 1 saturated heterocycles. The average Bonchev–Trinajstić information content (AvgIpc) is 2.19. The van der Waals surface area contributed by atoms with Crippen molar-refractivity contribution in [1.29, 1.82) is 0 Å². The van der Waals surface area contributed by atoms with Crippen molar-refractivity contribution in [2.75, 3.05) is 6.54 Å². The van der Waals surface area contributed by atoms with Gasteiger partial charge in [0, 0.05) is 12.1 Å². The highest BCUT2D eigenvalue weighted by atomic mass is 16.2. The maximum absolute atomic E-state index is 11.3. The lowest BCUT2D eigenvalue weighted by molar-refractivity contribution is -0.147. The van der Waals surface area contributed by atoms with Crippen LogP contribution >= 0.6 is 0 Å². The van der Waals surface area contributed by atoms with Crippen LogP contribution in [-0.4, -0.2) is 22.9 Å². The summed E-state index contributed by atoms with van der Waals surface area (Å²) in [5, 5.41) is 0. The van der Waals surface area contributed by atoms with Gasteiger partial charge in [-0.2, -0.15) is 0 Å². The second-order valence-corrected chi connectivity index (χ2v) is 3.91. The smallest absolute Gasteiger partial charge is 0.246 e. The maximum Gasteiger partial charge on any atom is 0.246 e. The minimum Gasteiger partial charge on any atom is -0.333 e. The van der Waals surface area contributed by atoms with Gasteiger partial charge in [0.15, 0.2) is 0 Å². The van der Waals surface area contributed by atoms with Crippen molar-refractivity contribution in [3.8, 4) is 0 Å². The lowest BCUT2D eigenvalue weighted by Gasteiger charge is -2.55. The molecule has 0 bridgehead atoms. The standard InChI is InChI=1S/C10H17NO.C2H6/c1-5-8-7-11(9(12)6-2)10(8,3)4;1-2/h6,8H,2,5,7H2,1,3-4H3;1-2H3. The van der Waals surface area contributed by atoms with Gasteiger partial charge in [-0.1, -0.05) is 27.4 Å². The Labute approximate surface area is 88.0 Å². The number of nitrogens with zero attached hydrogens (tertiary/aromatic N) is 1. The molecule has 0 N–H and O–H groups in total. The number of hydrogen-bond acceptors (Lipinski definition) is 1. The number of carbonyl (C=O) groups is 1. The summed E-state index contributed by atoms with van der Waals surface area (Å²) in [7, 11) is 0. The summed E-state index contributed by atoms with van der Waals surface area (Å²) in [6, 6.07) is 0. The van der Waals surface area contributed by atoms with Crippen LogP contribution in [0.25, 0.3) is 0 Å². The van der Waals surface area contributed by atoms with Gasteiger partial charge < -0.3 is 4.90 Å². The van der Waals surface area contributed by atoms with Gasteiger partial charge in [0.25, 0.3) is 0 Å². The summed E-state index contributed by atoms with van der Waals surface area (Å²) in [4.78, 5) is 13.2. The van der Waals surface area contributed by atoms with Gasteiger partial charge in [0.05, 0.1) is 0 Å². The van der Waals surface area contributed by atoms with Gasteiger partial charge in [-0.3, -0.25) is 4.79 Å². The SMILES string of the molecule is C=CC(=O)N1CC(CC)C1(C)C.CC. The van der Waals surface area contributed by atoms with Gasteiger partial charge in [-0.05, 0) is 32.3 Å². The molecule has 1 aliphatic heterocycles. The zero-order valence-electron chi connectivity index (χ0n) is 10.1. The van der Waals surface area contributed by atoms with Crippen molar-refractivity contribution in [1.82, 2.24) is 4.90 Å². The monoisotopic (exact) mass is 197 g/mol. The van der Waals surface area contributed by atoms with Crippen LogP contribution < -0.4 is 0 Å². The van der Waals surface area contributed by atoms with Crippen LogP contribution in [-0.2, 0) is 4.79 Å². The van der Waals surface area contributed by atoms with Gasteiger partial charge >= 0.3 is 0 Å². The lowest BCUT2D eigenvalue weighted by Crippen LogP contribution is -2.65. The molecule has 1 unspecified atom stereocenters. The Morgan fingerprint density at radius 1 is 1.57 bits per heavy atom. The van der Waals surface area contributed by atoms with Crippen LogP contribution in [0.1, 0.15) is 41.0 Å². The van der Waals surface area contributed by atoms with Crippen molar-refractivity contribution < 1.29 is 4.79 Å². The van der Waals surface area contributed by atoms with Crippen molar-refractivity contribution in [2.45, 2.75) is 46.6 Å². The van der Waals surface area contributed by atoms with Crippen LogP contribution in [0.5, 0.6) is 0 Å². The van der Waals surface area contributed by atoms with Crippen LogP contribution in [0.2, 0.25) is 0 Å². The molecule has 0 aromatic carbocycles. The molecule has 1 aliphatic rings. The molecular weight excluding hydrogens is 174 g/mol. The van der Waals surface area contributed by atoms with E-state index in [0.29, 0.717) is 5.92 Å². The zero-order chi connectivity index (χ0) is 11.4. The van der Waals surface area contributed by atoms with Crippen molar-refractivity contribution in [2.24, 2.45) is 5.92 Å². The minimum atomic E-state index is 0.0417. The molecule has 1 atom stereocenters. The molecule has 2 heteroatoms. The van der Waals surface area contributed by atoms with Gasteiger partial charge in [-0.25, -0.2) is 0 Å². The van der Waals surface area contributed by atoms with Crippen LogP contribution in [0.4, 0.5) is 0 Å². The molecule has 82 valence electrons. The Hall–Kier alpha value is -0.790. The quantitative estimate of drug-likeness (QED) is 0.623. The predicted octanol–water partition coefficient (Wildman–Crippen LogP) is 2.85. The molecule has 0 radical (unpaired) electrons. The average molecular weight is 197 g/mol. The molecule has 1 amide bonds. The van der Waals surface area contributed by atoms with E-state index in [2.05, 4.69) is 27.4 Å². The third kappa shape index (κ3) is 2.17. The fourth-order valence-corrected chi connectivity index (χ4v) is 1.90. The van der Waals surface area contributed by atoms with Crippen LogP contribution in [0, 0.1) is 5.92 Å². The summed E-state index contributed by atoms with van der Waals surface area (Å²) in [5.41, 5.74) is 0.0417. The Kier molecular flexibility index (Phi) is 4.89. The molecule has 2 nitrogen and oxygen atoms in total. The first-order chi connectivity index (χ1) is 6.54. The Morgan fingerprint density at radius 3 is 2.36 bits per heavy atom. The van der Waals surface area contributed by atoms with Crippen molar-refractivity contribution in [3.05, 3.63) is 12.7 Å². The third-order valence-corrected chi connectivity index (χ3v) is 3.03. The Morgan fingerprint density at radius 2 is 2.07 bits per heavy atom. The van der Waals surface area contributed by atoms with Crippen molar-refractivity contribution in [3.63, 3.8) is 0 Å². The van der Waals surface area contributed by atoms with E-state index in [-0.39, 0.29) is 11.4 Å². The topological polar surface area (TPSA) is 20.3 Å². The highest BCUT2D eigenvalue weighted by Crippen LogP contribution is 2.37. The third-order valence-electron chi connectivity index (χ3n) is 3.03. The normalized spacial score (nSPS) is 22.9. The molecule has 0 saturated carbocycles. The molecule has 0 spiro atoms. The second-order valence-electron chi connectivity index (χ2n) is 3.91. The van der Waals surface area contributed by atoms with Crippen LogP contribution in [0.3, 0.4) is 0 Å². The highest BCUT2D eigenvalue weighted by Gasteiger charge is 2.46. The van der Waals surface area contributed by atoms with E-state index in [9.17, 15) is 4.79 Å². The number of rotatable bonds is 2. The largest absolute Gasteiger partial charge is 0.333 e. The van der Waals surface area contributed by atoms with E-state index >= 15 is 0 Å². The molecule has 1 fully saturated rings. The molecule has 1 rings (SSSR count). The maximum atomic E-state index is 11.3.